The molecule has 3 aromatic carbocycles. The summed E-state index contributed by atoms with van der Waals surface area (Å²) in [5.41, 5.74) is 0.410. The van der Waals surface area contributed by atoms with E-state index in [9.17, 15) is 19.7 Å². The van der Waals surface area contributed by atoms with Gasteiger partial charge in [-0.15, -0.1) is 0 Å². The molecule has 0 unspecified atom stereocenters. The molecule has 0 spiro atoms. The topological polar surface area (TPSA) is 104 Å². The fraction of sp³-hybridized carbons (Fsp3) is 0.0455. The van der Waals surface area contributed by atoms with Gasteiger partial charge >= 0.3 is 5.97 Å². The number of non-ortho nitro benzene ring substituents is 1. The molecule has 0 atom stereocenters. The molecule has 0 saturated carbocycles. The van der Waals surface area contributed by atoms with Crippen LogP contribution in [0.2, 0.25) is 0 Å². The largest absolute Gasteiger partial charge is 0.422 e. The van der Waals surface area contributed by atoms with E-state index in [1.165, 1.54) is 28.9 Å². The van der Waals surface area contributed by atoms with Crippen LogP contribution in [-0.4, -0.2) is 20.7 Å². The Hall–Kier alpha value is -4.33. The smallest absolute Gasteiger partial charge is 0.364 e. The minimum atomic E-state index is -0.762. The second-order valence-electron chi connectivity index (χ2n) is 6.48. The van der Waals surface area contributed by atoms with Crippen LogP contribution in [-0.2, 0) is 6.54 Å². The Kier molecular flexibility index (Phi) is 5.04. The predicted molar refractivity (Wildman–Crippen MR) is 110 cm³/mol. The maximum absolute atomic E-state index is 12.9. The van der Waals surface area contributed by atoms with Crippen LogP contribution in [0.15, 0.2) is 83.7 Å². The van der Waals surface area contributed by atoms with Gasteiger partial charge in [-0.3, -0.25) is 14.9 Å². The van der Waals surface area contributed by atoms with Crippen LogP contribution in [0.1, 0.15) is 16.1 Å². The van der Waals surface area contributed by atoms with Gasteiger partial charge in [-0.2, -0.15) is 5.10 Å². The van der Waals surface area contributed by atoms with E-state index >= 15 is 0 Å². The third-order valence-corrected chi connectivity index (χ3v) is 4.49. The standard InChI is InChI=1S/C22H15N3O5/c26-21-19-9-5-4-8-18(19)20(23-24(21)14-15-6-2-1-3-7-15)22(27)30-17-12-10-16(11-13-17)25(28)29/h1-13H,14H2. The summed E-state index contributed by atoms with van der Waals surface area (Å²) in [4.78, 5) is 35.9. The van der Waals surface area contributed by atoms with Crippen molar-refractivity contribution in [3.05, 3.63) is 111 Å². The van der Waals surface area contributed by atoms with Crippen molar-refractivity contribution in [3.8, 4) is 5.75 Å². The van der Waals surface area contributed by atoms with E-state index in [1.807, 2.05) is 30.3 Å². The lowest BCUT2D eigenvalue weighted by atomic mass is 10.1. The highest BCUT2D eigenvalue weighted by Gasteiger charge is 2.19. The van der Waals surface area contributed by atoms with E-state index in [2.05, 4.69) is 5.10 Å². The molecular formula is C22H15N3O5. The fourth-order valence-corrected chi connectivity index (χ4v) is 3.04. The normalized spacial score (nSPS) is 10.7. The van der Waals surface area contributed by atoms with E-state index in [0.717, 1.165) is 5.56 Å². The third-order valence-electron chi connectivity index (χ3n) is 4.49. The van der Waals surface area contributed by atoms with E-state index in [0.29, 0.717) is 10.8 Å². The molecule has 0 amide bonds. The molecule has 8 nitrogen and oxygen atoms in total. The predicted octanol–water partition coefficient (Wildman–Crippen LogP) is 3.57. The van der Waals surface area contributed by atoms with Gasteiger partial charge < -0.3 is 4.74 Å². The molecule has 0 aliphatic rings. The molecule has 1 aromatic heterocycles. The Morgan fingerprint density at radius 1 is 0.933 bits per heavy atom. The summed E-state index contributed by atoms with van der Waals surface area (Å²) < 4.78 is 6.58. The van der Waals surface area contributed by atoms with Crippen LogP contribution >= 0.6 is 0 Å². The average Bonchev–Trinajstić information content (AvgIpc) is 2.77. The van der Waals surface area contributed by atoms with Gasteiger partial charge in [-0.1, -0.05) is 48.5 Å². The Labute approximate surface area is 170 Å². The first-order valence-electron chi connectivity index (χ1n) is 9.03. The molecule has 1 heterocycles. The van der Waals surface area contributed by atoms with Gasteiger partial charge in [-0.25, -0.2) is 9.48 Å². The van der Waals surface area contributed by atoms with Crippen molar-refractivity contribution in [2.75, 3.05) is 0 Å². The molecule has 30 heavy (non-hydrogen) atoms. The van der Waals surface area contributed by atoms with Crippen LogP contribution in [0, 0.1) is 10.1 Å². The highest BCUT2D eigenvalue weighted by molar-refractivity contribution is 6.02. The van der Waals surface area contributed by atoms with Crippen LogP contribution < -0.4 is 10.3 Å². The first-order chi connectivity index (χ1) is 14.5. The minimum Gasteiger partial charge on any atom is -0.422 e. The number of nitrogens with zero attached hydrogens (tertiary/aromatic N) is 3. The SMILES string of the molecule is O=C(Oc1ccc([N+](=O)[O-])cc1)c1nn(Cc2ccccc2)c(=O)c2ccccc12. The molecule has 4 rings (SSSR count). The number of aromatic nitrogens is 2. The first kappa shape index (κ1) is 19.0. The summed E-state index contributed by atoms with van der Waals surface area (Å²) in [6.07, 6.45) is 0. The lowest BCUT2D eigenvalue weighted by Crippen LogP contribution is -2.27. The number of benzene rings is 3. The van der Waals surface area contributed by atoms with Crippen molar-refractivity contribution in [3.63, 3.8) is 0 Å². The Balaban J connectivity index is 1.73. The van der Waals surface area contributed by atoms with Crippen LogP contribution in [0.5, 0.6) is 5.75 Å². The van der Waals surface area contributed by atoms with Crippen molar-refractivity contribution >= 4 is 22.4 Å². The van der Waals surface area contributed by atoms with Gasteiger partial charge in [-0.05, 0) is 23.8 Å². The first-order valence-corrected chi connectivity index (χ1v) is 9.03. The van der Waals surface area contributed by atoms with Crippen molar-refractivity contribution < 1.29 is 14.5 Å². The molecular weight excluding hydrogens is 386 g/mol. The van der Waals surface area contributed by atoms with Gasteiger partial charge in [0.05, 0.1) is 16.9 Å². The van der Waals surface area contributed by atoms with Gasteiger partial charge in [0.1, 0.15) is 5.75 Å². The molecule has 0 aliphatic carbocycles. The highest BCUT2D eigenvalue weighted by Crippen LogP contribution is 2.20. The van der Waals surface area contributed by atoms with E-state index < -0.39 is 10.9 Å². The molecule has 4 aromatic rings. The van der Waals surface area contributed by atoms with Crippen LogP contribution in [0.4, 0.5) is 5.69 Å². The second kappa shape index (κ2) is 7.96. The van der Waals surface area contributed by atoms with E-state index in [1.54, 1.807) is 24.3 Å². The third kappa shape index (κ3) is 3.79. The molecule has 0 aliphatic heterocycles. The Morgan fingerprint density at radius 3 is 2.23 bits per heavy atom. The number of esters is 1. The molecule has 0 bridgehead atoms. The maximum Gasteiger partial charge on any atom is 0.364 e. The summed E-state index contributed by atoms with van der Waals surface area (Å²) in [6.45, 7) is 0.197. The summed E-state index contributed by atoms with van der Waals surface area (Å²) >= 11 is 0. The zero-order valence-electron chi connectivity index (χ0n) is 15.6. The van der Waals surface area contributed by atoms with Crippen molar-refractivity contribution in [2.24, 2.45) is 0 Å². The molecule has 0 N–H and O–H groups in total. The number of nitro groups is 1. The quantitative estimate of drug-likeness (QED) is 0.219. The molecule has 8 heteroatoms. The Morgan fingerprint density at radius 2 is 1.57 bits per heavy atom. The monoisotopic (exact) mass is 401 g/mol. The lowest BCUT2D eigenvalue weighted by molar-refractivity contribution is -0.384. The number of fused-ring (bicyclic) bond motifs is 1. The van der Waals surface area contributed by atoms with Gasteiger partial charge in [0.2, 0.25) is 0 Å². The number of carbonyl (C=O) groups excluding carboxylic acids is 1. The van der Waals surface area contributed by atoms with E-state index in [4.69, 9.17) is 4.74 Å². The number of hydrogen-bond acceptors (Lipinski definition) is 6. The second-order valence-corrected chi connectivity index (χ2v) is 6.48. The Bertz CT molecular complexity index is 1300. The number of rotatable bonds is 5. The van der Waals surface area contributed by atoms with Crippen molar-refractivity contribution in [2.45, 2.75) is 6.54 Å². The van der Waals surface area contributed by atoms with Gasteiger partial charge in [0.25, 0.3) is 11.2 Å². The number of hydrogen-bond donors (Lipinski definition) is 0. The summed E-state index contributed by atoms with van der Waals surface area (Å²) in [5, 5.41) is 15.8. The summed E-state index contributed by atoms with van der Waals surface area (Å²) in [5.74, 6) is -0.626. The number of ether oxygens (including phenoxy) is 1. The highest BCUT2D eigenvalue weighted by atomic mass is 16.6. The van der Waals surface area contributed by atoms with Gasteiger partial charge in [0, 0.05) is 17.5 Å². The maximum atomic E-state index is 12.9. The van der Waals surface area contributed by atoms with Crippen molar-refractivity contribution in [1.82, 2.24) is 9.78 Å². The molecule has 0 radical (unpaired) electrons. The average molecular weight is 401 g/mol. The lowest BCUT2D eigenvalue weighted by Gasteiger charge is -2.11. The molecule has 0 saturated heterocycles. The number of nitro benzene ring substituents is 1. The summed E-state index contributed by atoms with van der Waals surface area (Å²) in [7, 11) is 0. The minimum absolute atomic E-state index is 0.0144. The van der Waals surface area contributed by atoms with Gasteiger partial charge in [0.15, 0.2) is 5.69 Å². The zero-order chi connectivity index (χ0) is 21.1. The van der Waals surface area contributed by atoms with Crippen molar-refractivity contribution in [1.29, 1.82) is 0 Å². The number of carbonyl (C=O) groups is 1. The van der Waals surface area contributed by atoms with E-state index in [-0.39, 0.29) is 29.2 Å². The molecule has 148 valence electrons. The van der Waals surface area contributed by atoms with Crippen LogP contribution in [0.25, 0.3) is 10.8 Å². The molecule has 0 fully saturated rings. The fourth-order valence-electron chi connectivity index (χ4n) is 3.04. The van der Waals surface area contributed by atoms with Crippen LogP contribution in [0.3, 0.4) is 0 Å². The summed E-state index contributed by atoms with van der Waals surface area (Å²) in [6, 6.07) is 21.1. The zero-order valence-corrected chi connectivity index (χ0v) is 15.6.